The number of benzene rings is 8. The van der Waals surface area contributed by atoms with E-state index in [0.29, 0.717) is 11.4 Å². The van der Waals surface area contributed by atoms with Gasteiger partial charge in [0.1, 0.15) is 0 Å². The molecule has 0 aliphatic rings. The summed E-state index contributed by atoms with van der Waals surface area (Å²) in [5.74, 6) is 0.568. The Kier molecular flexibility index (Phi) is 27.4. The van der Waals surface area contributed by atoms with Gasteiger partial charge in [-0.15, -0.1) is 119 Å². The number of rotatable bonds is 15. The normalized spacial score (nSPS) is 11.6. The van der Waals surface area contributed by atoms with Crippen molar-refractivity contribution in [3.63, 3.8) is 0 Å². The molecule has 0 aliphatic carbocycles. The Balaban J connectivity index is 0.000000207. The van der Waals surface area contributed by atoms with E-state index in [1.807, 2.05) is 122 Å². The number of hydrogen-bond acceptors (Lipinski definition) is 10. The molecule has 10 nitrogen and oxygen atoms in total. The first-order chi connectivity index (χ1) is 58.6. The van der Waals surface area contributed by atoms with Gasteiger partial charge in [0.05, 0.1) is 0 Å². The fourth-order valence-electron chi connectivity index (χ4n) is 14.7. The van der Waals surface area contributed by atoms with Crippen molar-refractivity contribution in [2.75, 3.05) is 0 Å². The Morgan fingerprint density at radius 2 is 0.532 bits per heavy atom. The summed E-state index contributed by atoms with van der Waals surface area (Å²) in [5.41, 5.74) is 31.6. The third-order valence-corrected chi connectivity index (χ3v) is 24.1. The van der Waals surface area contributed by atoms with Crippen LogP contribution in [0.1, 0.15) is 105 Å². The van der Waals surface area contributed by atoms with Gasteiger partial charge in [-0.3, -0.25) is 32.1 Å². The molecule has 0 unspecified atom stereocenters. The minimum Gasteiger partial charge on any atom is -0.333 e. The SMILES string of the molecule is CC(C)(C)c1ccnc(-c2[c-]cc(-c3ncccc3-c3cc(-c4ccc[c-]c4-c4c[c-]c(-c5ncccn5)[c-]c4)cc(-c4cccnc4-c4c[c-]c(-c5cc(C(C)(C)C)ccn5)cc4Br)c3)c(Br)c2)c1.CC(C)(C)c1ccnc(-c2[c-]cc(-c3ncccc3-c3cccc(-c4cccnc4-c4c[c-]c(-c5cc(C(C)(C)C)ccn5)cc4Br)c3)c(Br)c2)c1.[Ir+3].[Ir]. The van der Waals surface area contributed by atoms with Crippen molar-refractivity contribution >= 4 is 63.7 Å². The first-order valence-corrected chi connectivity index (χ1v) is 43.4. The third-order valence-electron chi connectivity index (χ3n) is 21.5. The second kappa shape index (κ2) is 38.0. The van der Waals surface area contributed by atoms with Gasteiger partial charge in [-0.05, 0) is 184 Å². The first kappa shape index (κ1) is 89.5. The van der Waals surface area contributed by atoms with Crippen molar-refractivity contribution in [1.82, 2.24) is 49.8 Å². The molecule has 0 N–H and O–H groups in total. The van der Waals surface area contributed by atoms with Crippen LogP contribution in [-0.2, 0) is 61.9 Å². The number of hydrogen-bond donors (Lipinski definition) is 0. The summed E-state index contributed by atoms with van der Waals surface area (Å²) in [7, 11) is 0. The molecule has 17 aromatic rings. The predicted molar refractivity (Wildman–Crippen MR) is 510 cm³/mol. The quantitative estimate of drug-likeness (QED) is 0.0915. The van der Waals surface area contributed by atoms with Crippen molar-refractivity contribution in [3.8, 4) is 168 Å². The standard InChI is InChI=1S/C62H45Br2N6.C46H38Br2N4.2Ir/c1-61(2,3)46-24-30-65-56(37-46)41-20-22-52(54(63)35-41)58-50(14-9-26-67-58)44-32-43(49-13-8-7-12-48(49)39-16-18-40(19-17-39)60-69-28-11-29-70-60)33-45(34-44)51-15-10-27-68-59(51)53-23-21-42(36-55(53)64)57-38-47(25-31-66-57)62(4,5)6;1-45(2,3)33-18-22-49-41(27-33)31-14-16-37(39(47)25-31)43-35(12-8-20-51-43)29-10-7-11-30(24-29)36-13-9-21-52-44(36)38-17-15-32(26-40(38)48)42-28-34(19-23-50-42)46(4,5)6;;/h7-11,13-17,22-38H,1-6H3;7-13,16-28H,1-6H3;;/q-5;-2;;+3. The number of nitrogens with zero attached hydrogens (tertiary/aromatic N) is 10. The van der Waals surface area contributed by atoms with Crippen molar-refractivity contribution in [3.05, 3.63) is 369 Å². The Morgan fingerprint density at radius 1 is 0.242 bits per heavy atom. The van der Waals surface area contributed by atoms with Crippen molar-refractivity contribution in [2.24, 2.45) is 0 Å². The van der Waals surface area contributed by atoms with Gasteiger partial charge < -0.3 is 29.9 Å². The maximum atomic E-state index is 5.05. The minimum absolute atomic E-state index is 0. The number of pyridine rings is 8. The van der Waals surface area contributed by atoms with Crippen LogP contribution in [0.4, 0.5) is 0 Å². The average Bonchev–Trinajstić information content (AvgIpc) is 0.801. The molecule has 0 saturated heterocycles. The summed E-state index contributed by atoms with van der Waals surface area (Å²) in [6, 6.07) is 101. The van der Waals surface area contributed by atoms with Crippen LogP contribution in [-0.4, -0.2) is 49.8 Å². The maximum Gasteiger partial charge on any atom is 3.00 e. The number of halogens is 4. The monoisotopic (exact) mass is 2220 g/mol. The largest absolute Gasteiger partial charge is 3.00 e. The summed E-state index contributed by atoms with van der Waals surface area (Å²) < 4.78 is 3.63. The molecule has 17 rings (SSSR count). The van der Waals surface area contributed by atoms with Crippen molar-refractivity contribution in [2.45, 2.75) is 105 Å². The number of aromatic nitrogens is 10. The van der Waals surface area contributed by atoms with Gasteiger partial charge in [-0.2, -0.15) is 11.6 Å². The van der Waals surface area contributed by atoms with Gasteiger partial charge in [0.25, 0.3) is 0 Å². The average molecular weight is 2220 g/mol. The topological polar surface area (TPSA) is 129 Å². The van der Waals surface area contributed by atoms with E-state index in [1.54, 1.807) is 18.5 Å². The zero-order chi connectivity index (χ0) is 85.2. The van der Waals surface area contributed by atoms with Crippen molar-refractivity contribution in [1.29, 1.82) is 0 Å². The van der Waals surface area contributed by atoms with Crippen LogP contribution in [0.25, 0.3) is 168 Å². The van der Waals surface area contributed by atoms with Crippen LogP contribution in [0, 0.1) is 42.5 Å². The van der Waals surface area contributed by atoms with Crippen LogP contribution in [0.2, 0.25) is 0 Å². The molecular weight excluding hydrogens is 2140 g/mol. The van der Waals surface area contributed by atoms with Crippen LogP contribution in [0.5, 0.6) is 0 Å². The molecule has 16 heteroatoms. The van der Waals surface area contributed by atoms with Gasteiger partial charge in [0.15, 0.2) is 0 Å². The first-order valence-electron chi connectivity index (χ1n) is 40.2. The van der Waals surface area contributed by atoms with E-state index in [0.717, 1.165) is 175 Å². The fraction of sp³-hybridized carbons (Fsp3) is 0.148. The summed E-state index contributed by atoms with van der Waals surface area (Å²) >= 11 is 15.6. The Bertz CT molecular complexity index is 6440. The predicted octanol–water partition coefficient (Wildman–Crippen LogP) is 29.2. The van der Waals surface area contributed by atoms with Crippen LogP contribution in [0.3, 0.4) is 0 Å². The third kappa shape index (κ3) is 20.0. The molecule has 0 atom stereocenters. The fourth-order valence-corrected chi connectivity index (χ4v) is 16.8. The van der Waals surface area contributed by atoms with Crippen LogP contribution in [0.15, 0.2) is 304 Å². The zero-order valence-corrected chi connectivity index (χ0v) is 81.4. The molecule has 0 fully saturated rings. The summed E-state index contributed by atoms with van der Waals surface area (Å²) in [4.78, 5) is 47.4. The Labute approximate surface area is 788 Å². The Morgan fingerprint density at radius 3 is 0.847 bits per heavy atom. The second-order valence-corrected chi connectivity index (χ2v) is 37.5. The molecule has 1 radical (unpaired) electrons. The van der Waals surface area contributed by atoms with E-state index in [9.17, 15) is 0 Å². The van der Waals surface area contributed by atoms with E-state index < -0.39 is 0 Å². The smallest absolute Gasteiger partial charge is 0.333 e. The maximum absolute atomic E-state index is 5.05. The molecule has 0 aliphatic heterocycles. The van der Waals surface area contributed by atoms with Crippen molar-refractivity contribution < 1.29 is 40.2 Å². The van der Waals surface area contributed by atoms with Gasteiger partial charge >= 0.3 is 20.1 Å². The Hall–Kier alpha value is -10.7. The van der Waals surface area contributed by atoms with Crippen LogP contribution < -0.4 is 0 Å². The minimum atomic E-state index is -0.0179. The van der Waals surface area contributed by atoms with Gasteiger partial charge in [0.2, 0.25) is 0 Å². The molecule has 8 aromatic carbocycles. The second-order valence-electron chi connectivity index (χ2n) is 34.1. The summed E-state index contributed by atoms with van der Waals surface area (Å²) in [5, 5.41) is 0. The molecule has 0 bridgehead atoms. The van der Waals surface area contributed by atoms with E-state index >= 15 is 0 Å². The zero-order valence-electron chi connectivity index (χ0n) is 70.3. The molecule has 615 valence electrons. The molecule has 0 amide bonds. The molecule has 9 heterocycles. The van der Waals surface area contributed by atoms with Gasteiger partial charge in [0, 0.05) is 105 Å². The van der Waals surface area contributed by atoms with E-state index in [-0.39, 0.29) is 61.9 Å². The van der Waals surface area contributed by atoms with E-state index in [4.69, 9.17) is 29.9 Å². The molecule has 0 saturated carbocycles. The summed E-state index contributed by atoms with van der Waals surface area (Å²) in [6.45, 7) is 26.5. The van der Waals surface area contributed by atoms with E-state index in [1.165, 1.54) is 22.3 Å². The van der Waals surface area contributed by atoms with E-state index in [2.05, 4.69) is 355 Å². The van der Waals surface area contributed by atoms with Crippen LogP contribution >= 0.6 is 63.7 Å². The van der Waals surface area contributed by atoms with Gasteiger partial charge in [-0.25, -0.2) is 23.3 Å². The van der Waals surface area contributed by atoms with Gasteiger partial charge in [-0.1, -0.05) is 271 Å². The molecular formula is C108H83Br4Ir2N10-4. The summed E-state index contributed by atoms with van der Waals surface area (Å²) in [6.07, 6.45) is 18.3. The molecule has 9 aromatic heterocycles. The molecule has 124 heavy (non-hydrogen) atoms. The molecule has 0 spiro atoms.